The van der Waals surface area contributed by atoms with E-state index in [9.17, 15) is 14.7 Å². The van der Waals surface area contributed by atoms with E-state index in [1.54, 1.807) is 6.92 Å². The predicted octanol–water partition coefficient (Wildman–Crippen LogP) is 3.80. The Balaban J connectivity index is 1.73. The third kappa shape index (κ3) is 5.47. The maximum atomic E-state index is 12.5. The van der Waals surface area contributed by atoms with Crippen LogP contribution in [0.1, 0.15) is 29.5 Å². The number of benzene rings is 2. The Hall–Kier alpha value is -3.61. The fourth-order valence-corrected chi connectivity index (χ4v) is 3.18. The van der Waals surface area contributed by atoms with Crippen molar-refractivity contribution in [3.05, 3.63) is 72.1 Å². The van der Waals surface area contributed by atoms with E-state index in [2.05, 4.69) is 10.3 Å². The molecular formula is C23H24N2O5. The minimum Gasteiger partial charge on any atom is -0.481 e. The molecule has 0 aliphatic heterocycles. The smallest absolute Gasteiger partial charge is 0.393 e. The number of carbonyl (C=O) groups is 2. The van der Waals surface area contributed by atoms with Gasteiger partial charge in [-0.25, -0.2) is 0 Å². The fourth-order valence-electron chi connectivity index (χ4n) is 3.18. The highest BCUT2D eigenvalue weighted by Crippen LogP contribution is 2.21. The summed E-state index contributed by atoms with van der Waals surface area (Å²) in [7, 11) is 1.39. The maximum absolute atomic E-state index is 12.5. The monoisotopic (exact) mass is 408 g/mol. The first-order valence-electron chi connectivity index (χ1n) is 9.64. The molecule has 2 unspecified atom stereocenters. The molecule has 0 bridgehead atoms. The average Bonchev–Trinajstić information content (AvgIpc) is 3.24. The normalized spacial score (nSPS) is 12.7. The Labute approximate surface area is 174 Å². The molecule has 2 atom stereocenters. The number of hydrogen-bond donors (Lipinski definition) is 2. The van der Waals surface area contributed by atoms with E-state index >= 15 is 0 Å². The maximum Gasteiger partial charge on any atom is 0.393 e. The van der Waals surface area contributed by atoms with Gasteiger partial charge in [-0.1, -0.05) is 61.5 Å². The van der Waals surface area contributed by atoms with Crippen molar-refractivity contribution in [3.8, 4) is 17.2 Å². The molecule has 0 fully saturated rings. The number of rotatable bonds is 9. The number of methoxy groups -OCH3 is 1. The van der Waals surface area contributed by atoms with Gasteiger partial charge >= 0.3 is 12.0 Å². The number of nitrogens with zero attached hydrogens (tertiary/aromatic N) is 1. The molecule has 0 saturated carbocycles. The van der Waals surface area contributed by atoms with E-state index in [1.165, 1.54) is 13.3 Å². The van der Waals surface area contributed by atoms with Crippen molar-refractivity contribution in [3.63, 3.8) is 0 Å². The lowest BCUT2D eigenvalue weighted by atomic mass is 9.95. The van der Waals surface area contributed by atoms with Gasteiger partial charge in [0.05, 0.1) is 19.2 Å². The molecule has 7 heteroatoms. The molecule has 0 aliphatic rings. The van der Waals surface area contributed by atoms with Gasteiger partial charge in [0.15, 0.2) is 0 Å². The van der Waals surface area contributed by atoms with Crippen LogP contribution in [0.25, 0.3) is 11.1 Å². The molecule has 0 radical (unpaired) electrons. The van der Waals surface area contributed by atoms with Crippen molar-refractivity contribution in [2.45, 2.75) is 25.8 Å². The number of aliphatic carboxylic acids is 1. The third-order valence-electron chi connectivity index (χ3n) is 4.82. The van der Waals surface area contributed by atoms with Crippen LogP contribution >= 0.6 is 0 Å². The van der Waals surface area contributed by atoms with Gasteiger partial charge in [0, 0.05) is 6.04 Å². The first-order valence-corrected chi connectivity index (χ1v) is 9.64. The fraction of sp³-hybridized carbons (Fsp3) is 0.261. The summed E-state index contributed by atoms with van der Waals surface area (Å²) in [5.41, 5.74) is 3.20. The summed E-state index contributed by atoms with van der Waals surface area (Å²) in [5, 5.41) is 12.1. The molecule has 1 aromatic heterocycles. The second-order valence-electron chi connectivity index (χ2n) is 7.11. The lowest BCUT2D eigenvalue weighted by Gasteiger charge is -2.20. The van der Waals surface area contributed by atoms with Gasteiger partial charge in [-0.05, 0) is 29.5 Å². The predicted molar refractivity (Wildman–Crippen MR) is 111 cm³/mol. The highest BCUT2D eigenvalue weighted by atomic mass is 16.6. The number of nitrogens with one attached hydrogen (secondary N) is 1. The number of carbonyl (C=O) groups excluding carboxylic acids is 1. The summed E-state index contributed by atoms with van der Waals surface area (Å²) in [6, 6.07) is 17.7. The van der Waals surface area contributed by atoms with E-state index < -0.39 is 17.8 Å². The van der Waals surface area contributed by atoms with E-state index in [-0.39, 0.29) is 24.3 Å². The topological polar surface area (TPSA) is 102 Å². The van der Waals surface area contributed by atoms with Crippen LogP contribution in [0.2, 0.25) is 0 Å². The van der Waals surface area contributed by atoms with Crippen molar-refractivity contribution >= 4 is 11.9 Å². The van der Waals surface area contributed by atoms with Crippen LogP contribution in [0.4, 0.5) is 0 Å². The molecule has 0 aliphatic carbocycles. The number of hydrogen-bond acceptors (Lipinski definition) is 5. The first kappa shape index (κ1) is 21.1. The van der Waals surface area contributed by atoms with Gasteiger partial charge in [-0.3, -0.25) is 9.59 Å². The van der Waals surface area contributed by atoms with E-state index in [4.69, 9.17) is 9.15 Å². The number of carboxylic acid groups (broad SMARTS) is 1. The molecule has 0 saturated heterocycles. The Morgan fingerprint density at radius 1 is 1.10 bits per heavy atom. The number of aromatic nitrogens is 1. The summed E-state index contributed by atoms with van der Waals surface area (Å²) in [6.07, 6.45) is 2.05. The van der Waals surface area contributed by atoms with Crippen LogP contribution in [-0.2, 0) is 11.2 Å². The van der Waals surface area contributed by atoms with Crippen molar-refractivity contribution in [1.29, 1.82) is 0 Å². The largest absolute Gasteiger partial charge is 0.481 e. The molecule has 156 valence electrons. The highest BCUT2D eigenvalue weighted by Gasteiger charge is 2.23. The standard InChI is InChI=1S/C23H24N2O5/c1-15(22(27)28)12-19(25-21(26)20-14-24-23(29-2)30-20)13-16-8-10-18(11-9-16)17-6-4-3-5-7-17/h3-11,14-15,19H,12-13H2,1-2H3,(H,25,26)(H,27,28). The van der Waals surface area contributed by atoms with Crippen molar-refractivity contribution in [2.75, 3.05) is 7.11 Å². The Morgan fingerprint density at radius 3 is 2.37 bits per heavy atom. The van der Waals surface area contributed by atoms with Crippen LogP contribution in [0, 0.1) is 5.92 Å². The second kappa shape index (κ2) is 9.73. The molecule has 3 aromatic rings. The number of carboxylic acids is 1. The Kier molecular flexibility index (Phi) is 6.85. The number of ether oxygens (including phenoxy) is 1. The van der Waals surface area contributed by atoms with Crippen LogP contribution in [0.3, 0.4) is 0 Å². The van der Waals surface area contributed by atoms with Crippen LogP contribution < -0.4 is 10.1 Å². The highest BCUT2D eigenvalue weighted by molar-refractivity contribution is 5.91. The summed E-state index contributed by atoms with van der Waals surface area (Å²) in [6.45, 7) is 1.62. The molecule has 30 heavy (non-hydrogen) atoms. The van der Waals surface area contributed by atoms with Crippen molar-refractivity contribution in [1.82, 2.24) is 10.3 Å². The number of oxazole rings is 1. The molecule has 1 heterocycles. The van der Waals surface area contributed by atoms with Gasteiger partial charge in [0.2, 0.25) is 5.76 Å². The zero-order chi connectivity index (χ0) is 21.5. The van der Waals surface area contributed by atoms with E-state index in [1.807, 2.05) is 54.6 Å². The van der Waals surface area contributed by atoms with E-state index in [0.29, 0.717) is 6.42 Å². The zero-order valence-electron chi connectivity index (χ0n) is 16.9. The first-order chi connectivity index (χ1) is 14.5. The average molecular weight is 408 g/mol. The summed E-state index contributed by atoms with van der Waals surface area (Å²) < 4.78 is 10.1. The molecule has 3 rings (SSSR count). The molecule has 0 spiro atoms. The van der Waals surface area contributed by atoms with Gasteiger partial charge < -0.3 is 19.6 Å². The minimum atomic E-state index is -0.907. The lowest BCUT2D eigenvalue weighted by Crippen LogP contribution is -2.38. The molecular weight excluding hydrogens is 384 g/mol. The summed E-state index contributed by atoms with van der Waals surface area (Å²) >= 11 is 0. The molecule has 2 aromatic carbocycles. The molecule has 1 amide bonds. The van der Waals surface area contributed by atoms with Crippen LogP contribution in [0.5, 0.6) is 6.08 Å². The summed E-state index contributed by atoms with van der Waals surface area (Å²) in [4.78, 5) is 27.7. The SMILES string of the molecule is COc1ncc(C(=O)NC(Cc2ccc(-c3ccccc3)cc2)CC(C)C(=O)O)o1. The van der Waals surface area contributed by atoms with Crippen LogP contribution in [0.15, 0.2) is 65.2 Å². The third-order valence-corrected chi connectivity index (χ3v) is 4.82. The lowest BCUT2D eigenvalue weighted by molar-refractivity contribution is -0.141. The molecule has 7 nitrogen and oxygen atoms in total. The van der Waals surface area contributed by atoms with E-state index in [0.717, 1.165) is 16.7 Å². The Bertz CT molecular complexity index is 982. The van der Waals surface area contributed by atoms with Gasteiger partial charge in [-0.2, -0.15) is 4.98 Å². The number of amides is 1. The second-order valence-corrected chi connectivity index (χ2v) is 7.11. The van der Waals surface area contributed by atoms with Crippen LogP contribution in [-0.4, -0.2) is 35.1 Å². The molecule has 2 N–H and O–H groups in total. The quantitative estimate of drug-likeness (QED) is 0.558. The Morgan fingerprint density at radius 2 is 1.77 bits per heavy atom. The minimum absolute atomic E-state index is 0.00731. The van der Waals surface area contributed by atoms with Gasteiger partial charge in [-0.15, -0.1) is 0 Å². The van der Waals surface area contributed by atoms with Crippen molar-refractivity contribution < 1.29 is 23.8 Å². The van der Waals surface area contributed by atoms with Gasteiger partial charge in [0.25, 0.3) is 5.91 Å². The zero-order valence-corrected chi connectivity index (χ0v) is 16.9. The van der Waals surface area contributed by atoms with Gasteiger partial charge in [0.1, 0.15) is 0 Å². The summed E-state index contributed by atoms with van der Waals surface area (Å²) in [5.74, 6) is -1.97. The van der Waals surface area contributed by atoms with Crippen molar-refractivity contribution in [2.24, 2.45) is 5.92 Å².